The van der Waals surface area contributed by atoms with Crippen LogP contribution < -0.4 is 19.6 Å². The molecule has 164 valence electrons. The molecule has 3 heterocycles. The highest BCUT2D eigenvalue weighted by atomic mass is 32.1. The molecule has 3 aromatic rings. The molecule has 1 aliphatic rings. The number of carbonyl (C=O) groups is 2. The van der Waals surface area contributed by atoms with Crippen LogP contribution in [0.3, 0.4) is 0 Å². The highest BCUT2D eigenvalue weighted by Crippen LogP contribution is 2.33. The van der Waals surface area contributed by atoms with Crippen molar-refractivity contribution in [2.75, 3.05) is 6.61 Å². The minimum Gasteiger partial charge on any atom is -0.463 e. The highest BCUT2D eigenvalue weighted by Gasteiger charge is 2.33. The van der Waals surface area contributed by atoms with Crippen molar-refractivity contribution >= 4 is 40.7 Å². The van der Waals surface area contributed by atoms with Crippen molar-refractivity contribution in [1.82, 2.24) is 4.57 Å². The van der Waals surface area contributed by atoms with Gasteiger partial charge in [0.1, 0.15) is 11.8 Å². The maximum absolute atomic E-state index is 13.4. The molecule has 1 aromatic carbocycles. The molecule has 0 spiro atoms. The average Bonchev–Trinajstić information content (AvgIpc) is 3.36. The number of thiophene rings is 1. The van der Waals surface area contributed by atoms with Crippen LogP contribution >= 0.6 is 22.7 Å². The van der Waals surface area contributed by atoms with Gasteiger partial charge in [0, 0.05) is 11.8 Å². The Bertz CT molecular complexity index is 1400. The van der Waals surface area contributed by atoms with E-state index in [1.165, 1.54) is 29.6 Å². The molecule has 0 bridgehead atoms. The summed E-state index contributed by atoms with van der Waals surface area (Å²) >= 11 is 2.71. The molecule has 9 heteroatoms. The first-order chi connectivity index (χ1) is 15.4. The number of rotatable bonds is 5. The van der Waals surface area contributed by atoms with Crippen LogP contribution in [0.15, 0.2) is 62.8 Å². The Kier molecular flexibility index (Phi) is 6.20. The van der Waals surface area contributed by atoms with Crippen LogP contribution in [0.1, 0.15) is 37.3 Å². The van der Waals surface area contributed by atoms with Gasteiger partial charge < -0.3 is 9.47 Å². The van der Waals surface area contributed by atoms with Gasteiger partial charge in [-0.05, 0) is 49.1 Å². The number of allylic oxidation sites excluding steroid dienone is 1. The van der Waals surface area contributed by atoms with Crippen molar-refractivity contribution in [2.24, 2.45) is 4.99 Å². The molecule has 1 aliphatic heterocycles. The maximum atomic E-state index is 13.4. The van der Waals surface area contributed by atoms with Gasteiger partial charge in [0.05, 0.1) is 22.4 Å². The van der Waals surface area contributed by atoms with E-state index in [0.717, 1.165) is 4.88 Å². The zero-order valence-electron chi connectivity index (χ0n) is 17.7. The van der Waals surface area contributed by atoms with E-state index in [-0.39, 0.29) is 12.2 Å². The van der Waals surface area contributed by atoms with Crippen LogP contribution in [0.4, 0.5) is 0 Å². The zero-order chi connectivity index (χ0) is 22.8. The number of esters is 2. The van der Waals surface area contributed by atoms with Gasteiger partial charge >= 0.3 is 11.9 Å². The molecule has 32 heavy (non-hydrogen) atoms. The van der Waals surface area contributed by atoms with E-state index < -0.39 is 18.0 Å². The van der Waals surface area contributed by atoms with Gasteiger partial charge in [0.15, 0.2) is 4.80 Å². The first-order valence-electron chi connectivity index (χ1n) is 9.90. The lowest BCUT2D eigenvalue weighted by molar-refractivity contribution is -0.139. The fourth-order valence-corrected chi connectivity index (χ4v) is 5.36. The Hall–Kier alpha value is -3.30. The Morgan fingerprint density at radius 3 is 2.75 bits per heavy atom. The van der Waals surface area contributed by atoms with Crippen LogP contribution in [-0.4, -0.2) is 23.1 Å². The standard InChI is InChI=1S/C23H20N2O5S2/c1-4-29-22(28)19-13(2)24-23-25(20(19)17-9-6-10-31-17)21(27)18(32-23)12-15-7-5-8-16(11-15)30-14(3)26/h5-12,20H,4H2,1-3H3/b18-12-/t20-/m0/s1. The Morgan fingerprint density at radius 1 is 1.25 bits per heavy atom. The van der Waals surface area contributed by atoms with Crippen LogP contribution in [0.25, 0.3) is 6.08 Å². The van der Waals surface area contributed by atoms with Crippen molar-refractivity contribution in [2.45, 2.75) is 26.8 Å². The van der Waals surface area contributed by atoms with Crippen molar-refractivity contribution in [3.63, 3.8) is 0 Å². The molecule has 7 nitrogen and oxygen atoms in total. The molecule has 0 unspecified atom stereocenters. The molecule has 0 aliphatic carbocycles. The predicted molar refractivity (Wildman–Crippen MR) is 122 cm³/mol. The lowest BCUT2D eigenvalue weighted by atomic mass is 10.0. The van der Waals surface area contributed by atoms with Gasteiger partial charge in [-0.3, -0.25) is 14.2 Å². The molecule has 0 fully saturated rings. The van der Waals surface area contributed by atoms with E-state index in [1.54, 1.807) is 42.7 Å². The van der Waals surface area contributed by atoms with Crippen LogP contribution in [0.2, 0.25) is 0 Å². The third-order valence-electron chi connectivity index (χ3n) is 4.75. The SMILES string of the molecule is CCOC(=O)C1=C(C)N=c2s/c(=C\c3cccc(OC(C)=O)c3)c(=O)n2[C@H]1c1cccs1. The molecule has 0 N–H and O–H groups in total. The molecule has 0 saturated carbocycles. The van der Waals surface area contributed by atoms with Crippen molar-refractivity contribution < 1.29 is 19.1 Å². The summed E-state index contributed by atoms with van der Waals surface area (Å²) in [5, 5.41) is 1.91. The molecular weight excluding hydrogens is 448 g/mol. The smallest absolute Gasteiger partial charge is 0.338 e. The molecule has 0 saturated heterocycles. The van der Waals surface area contributed by atoms with Gasteiger partial charge in [-0.1, -0.05) is 29.5 Å². The van der Waals surface area contributed by atoms with E-state index in [9.17, 15) is 14.4 Å². The van der Waals surface area contributed by atoms with Crippen molar-refractivity contribution in [1.29, 1.82) is 0 Å². The Labute approximate surface area is 191 Å². The normalized spacial score (nSPS) is 15.8. The van der Waals surface area contributed by atoms with Crippen LogP contribution in [0.5, 0.6) is 5.75 Å². The Morgan fingerprint density at radius 2 is 2.06 bits per heavy atom. The second-order valence-electron chi connectivity index (χ2n) is 6.98. The second kappa shape index (κ2) is 9.05. The van der Waals surface area contributed by atoms with Crippen LogP contribution in [0, 0.1) is 0 Å². The summed E-state index contributed by atoms with van der Waals surface area (Å²) in [7, 11) is 0. The number of hydrogen-bond donors (Lipinski definition) is 0. The number of hydrogen-bond acceptors (Lipinski definition) is 8. The minimum atomic E-state index is -0.597. The lowest BCUT2D eigenvalue weighted by Crippen LogP contribution is -2.39. The Balaban J connectivity index is 1.88. The van der Waals surface area contributed by atoms with Gasteiger partial charge in [0.2, 0.25) is 0 Å². The largest absolute Gasteiger partial charge is 0.463 e. The predicted octanol–water partition coefficient (Wildman–Crippen LogP) is 2.79. The van der Waals surface area contributed by atoms with Gasteiger partial charge in [-0.25, -0.2) is 9.79 Å². The number of benzene rings is 1. The number of fused-ring (bicyclic) bond motifs is 1. The topological polar surface area (TPSA) is 87.0 Å². The summed E-state index contributed by atoms with van der Waals surface area (Å²) in [6.07, 6.45) is 1.73. The van der Waals surface area contributed by atoms with E-state index in [4.69, 9.17) is 9.47 Å². The first kappa shape index (κ1) is 21.9. The molecule has 1 atom stereocenters. The summed E-state index contributed by atoms with van der Waals surface area (Å²) in [6, 6.07) is 10.1. The van der Waals surface area contributed by atoms with Gasteiger partial charge in [0.25, 0.3) is 5.56 Å². The number of carbonyl (C=O) groups excluding carboxylic acids is 2. The van der Waals surface area contributed by atoms with E-state index in [1.807, 2.05) is 23.6 Å². The number of thiazole rings is 1. The summed E-state index contributed by atoms with van der Waals surface area (Å²) in [5.74, 6) is -0.495. The minimum absolute atomic E-state index is 0.232. The van der Waals surface area contributed by atoms with Crippen LogP contribution in [-0.2, 0) is 14.3 Å². The fraction of sp³-hybridized carbons (Fsp3) is 0.217. The highest BCUT2D eigenvalue weighted by molar-refractivity contribution is 7.10. The summed E-state index contributed by atoms with van der Waals surface area (Å²) < 4.78 is 12.4. The van der Waals surface area contributed by atoms with Gasteiger partial charge in [-0.15, -0.1) is 11.3 Å². The van der Waals surface area contributed by atoms with Crippen molar-refractivity contribution in [3.8, 4) is 5.75 Å². The lowest BCUT2D eigenvalue weighted by Gasteiger charge is -2.23. The van der Waals surface area contributed by atoms with E-state index in [0.29, 0.717) is 31.9 Å². The second-order valence-corrected chi connectivity index (χ2v) is 8.97. The number of aromatic nitrogens is 1. The monoisotopic (exact) mass is 468 g/mol. The van der Waals surface area contributed by atoms with Gasteiger partial charge in [-0.2, -0.15) is 0 Å². The van der Waals surface area contributed by atoms with Crippen molar-refractivity contribution in [3.05, 3.63) is 83.2 Å². The maximum Gasteiger partial charge on any atom is 0.338 e. The fourth-order valence-electron chi connectivity index (χ4n) is 3.49. The van der Waals surface area contributed by atoms with E-state index in [2.05, 4.69) is 4.99 Å². The number of ether oxygens (including phenoxy) is 2. The van der Waals surface area contributed by atoms with E-state index >= 15 is 0 Å². The third-order valence-corrected chi connectivity index (χ3v) is 6.65. The zero-order valence-corrected chi connectivity index (χ0v) is 19.3. The molecule has 0 amide bonds. The molecule has 4 rings (SSSR count). The first-order valence-corrected chi connectivity index (χ1v) is 11.6. The molecule has 0 radical (unpaired) electrons. The summed E-state index contributed by atoms with van der Waals surface area (Å²) in [6.45, 7) is 5.06. The average molecular weight is 469 g/mol. The molecule has 2 aromatic heterocycles. The summed E-state index contributed by atoms with van der Waals surface area (Å²) in [5.41, 5.74) is 1.36. The molecular formula is C23H20N2O5S2. The summed E-state index contributed by atoms with van der Waals surface area (Å²) in [4.78, 5) is 43.4. The quantitative estimate of drug-likeness (QED) is 0.425. The number of nitrogens with zero attached hydrogens (tertiary/aromatic N) is 2. The third kappa shape index (κ3) is 4.21.